The number of carbonyl (C=O) groups is 3. The highest BCUT2D eigenvalue weighted by Crippen LogP contribution is 2.38. The van der Waals surface area contributed by atoms with Gasteiger partial charge in [0, 0.05) is 44.4 Å². The average molecular weight is 652 g/mol. The summed E-state index contributed by atoms with van der Waals surface area (Å²) in [6.45, 7) is 11.0. The van der Waals surface area contributed by atoms with Crippen molar-refractivity contribution in [2.45, 2.75) is 110 Å². The molecule has 1 amide bonds. The van der Waals surface area contributed by atoms with E-state index < -0.39 is 29.0 Å². The van der Waals surface area contributed by atoms with Crippen molar-refractivity contribution in [1.29, 1.82) is 0 Å². The van der Waals surface area contributed by atoms with Crippen LogP contribution in [0.5, 0.6) is 5.75 Å². The number of halogens is 1. The second-order valence-electron chi connectivity index (χ2n) is 12.5. The van der Waals surface area contributed by atoms with Gasteiger partial charge in [0.25, 0.3) is 0 Å². The molecule has 0 aliphatic heterocycles. The largest absolute Gasteiger partial charge is 0.461 e. The van der Waals surface area contributed by atoms with E-state index in [2.05, 4.69) is 33.1 Å². The van der Waals surface area contributed by atoms with E-state index >= 15 is 0 Å². The van der Waals surface area contributed by atoms with E-state index in [4.69, 9.17) is 20.6 Å². The first-order valence-electron chi connectivity index (χ1n) is 15.9. The van der Waals surface area contributed by atoms with Crippen LogP contribution in [-0.4, -0.2) is 56.7 Å². The lowest BCUT2D eigenvalue weighted by molar-refractivity contribution is -0.151. The van der Waals surface area contributed by atoms with Crippen LogP contribution in [0, 0.1) is 32.3 Å². The number of anilines is 1. The van der Waals surface area contributed by atoms with Gasteiger partial charge in [-0.1, -0.05) is 58.4 Å². The highest BCUT2D eigenvalue weighted by molar-refractivity contribution is 5.96. The first kappa shape index (κ1) is 37.1. The van der Waals surface area contributed by atoms with Crippen molar-refractivity contribution in [1.82, 2.24) is 19.5 Å². The zero-order chi connectivity index (χ0) is 34.8. The zero-order valence-electron chi connectivity index (χ0n) is 28.5. The van der Waals surface area contributed by atoms with Crippen molar-refractivity contribution in [2.75, 3.05) is 19.0 Å². The predicted octanol–water partition coefficient (Wildman–Crippen LogP) is 6.13. The summed E-state index contributed by atoms with van der Waals surface area (Å²) < 4.78 is 32.8. The Hall–Kier alpha value is -4.37. The van der Waals surface area contributed by atoms with Crippen LogP contribution in [0.2, 0.25) is 0 Å². The second-order valence-corrected chi connectivity index (χ2v) is 12.5. The van der Waals surface area contributed by atoms with Gasteiger partial charge in [-0.25, -0.2) is 4.98 Å². The van der Waals surface area contributed by atoms with Gasteiger partial charge in [0.1, 0.15) is 12.4 Å². The molecule has 0 aliphatic rings. The summed E-state index contributed by atoms with van der Waals surface area (Å²) in [4.78, 5) is 49.4. The molecular weight excluding hydrogens is 605 g/mol. The minimum absolute atomic E-state index is 0.00280. The molecule has 1 atom stereocenters. The molecule has 254 valence electrons. The molecule has 0 saturated heterocycles. The maximum Gasteiger partial charge on any atom is 0.312 e. The number of aryl methyl sites for hydroxylation is 3. The van der Waals surface area contributed by atoms with Gasteiger partial charge in [-0.15, -0.1) is 6.42 Å². The van der Waals surface area contributed by atoms with Gasteiger partial charge in [0.05, 0.1) is 12.7 Å². The maximum absolute atomic E-state index is 14.4. The van der Waals surface area contributed by atoms with Crippen LogP contribution in [0.1, 0.15) is 95.8 Å². The van der Waals surface area contributed by atoms with Crippen molar-refractivity contribution in [3.8, 4) is 18.1 Å². The second kappa shape index (κ2) is 16.5. The van der Waals surface area contributed by atoms with Gasteiger partial charge in [-0.05, 0) is 37.5 Å². The SMILES string of the molecule is C#CC(CCn1cnc2c(NC(=O)CCCCCCC)nc(F)nc21)(COC(=O)CC(C)(C)c1c(C)cc(C)cc1OC(C)=O)OC. The monoisotopic (exact) mass is 651 g/mol. The lowest BCUT2D eigenvalue weighted by atomic mass is 9.78. The number of nitrogens with zero attached hydrogens (tertiary/aromatic N) is 4. The van der Waals surface area contributed by atoms with E-state index in [0.717, 1.165) is 48.8 Å². The number of fused-ring (bicyclic) bond motifs is 1. The van der Waals surface area contributed by atoms with Crippen LogP contribution >= 0.6 is 0 Å². The molecule has 2 heterocycles. The number of hydrogen-bond acceptors (Lipinski definition) is 9. The Morgan fingerprint density at radius 3 is 2.49 bits per heavy atom. The molecular formula is C35H46FN5O6. The summed E-state index contributed by atoms with van der Waals surface area (Å²) in [6.07, 6.45) is 11.7. The van der Waals surface area contributed by atoms with Gasteiger partial charge in [-0.2, -0.15) is 14.4 Å². The Balaban J connectivity index is 1.69. The van der Waals surface area contributed by atoms with Crippen molar-refractivity contribution in [3.05, 3.63) is 41.2 Å². The molecule has 47 heavy (non-hydrogen) atoms. The molecule has 0 fully saturated rings. The number of aromatic nitrogens is 4. The molecule has 1 unspecified atom stereocenters. The van der Waals surface area contributed by atoms with E-state index in [1.165, 1.54) is 20.4 Å². The number of imidazole rings is 1. The summed E-state index contributed by atoms with van der Waals surface area (Å²) in [5, 5.41) is 2.66. The minimum atomic E-state index is -1.31. The van der Waals surface area contributed by atoms with Crippen molar-refractivity contribution in [2.24, 2.45) is 0 Å². The summed E-state index contributed by atoms with van der Waals surface area (Å²) >= 11 is 0. The Labute approximate surface area is 276 Å². The van der Waals surface area contributed by atoms with Crippen LogP contribution in [0.3, 0.4) is 0 Å². The normalized spacial score (nSPS) is 12.7. The summed E-state index contributed by atoms with van der Waals surface area (Å²) in [5.41, 5.74) is 0.901. The van der Waals surface area contributed by atoms with Crippen molar-refractivity contribution in [3.63, 3.8) is 0 Å². The number of esters is 2. The molecule has 0 radical (unpaired) electrons. The number of nitrogens with one attached hydrogen (secondary N) is 1. The maximum atomic E-state index is 14.4. The van der Waals surface area contributed by atoms with E-state index in [0.29, 0.717) is 12.2 Å². The first-order valence-corrected chi connectivity index (χ1v) is 15.9. The summed E-state index contributed by atoms with van der Waals surface area (Å²) in [6, 6.07) is 3.74. The molecule has 0 spiro atoms. The van der Waals surface area contributed by atoms with Crippen LogP contribution < -0.4 is 10.1 Å². The minimum Gasteiger partial charge on any atom is -0.461 e. The standard InChI is InChI=1S/C35H46FN5O6/c1-9-11-12-13-14-15-27(43)38-31-30-32(40-33(36)39-31)41(22-37-30)17-16-35(10-2,45-8)21-46-28(44)20-34(6,7)29-24(4)18-23(3)19-26(29)47-25(5)42/h2,18-19,22H,9,11-17,20-21H2,1,3-8H3,(H,38,39,40,43). The van der Waals surface area contributed by atoms with Gasteiger partial charge in [0.2, 0.25) is 5.91 Å². The smallest absolute Gasteiger partial charge is 0.312 e. The molecule has 3 rings (SSSR count). The van der Waals surface area contributed by atoms with E-state index in [1.807, 2.05) is 33.8 Å². The van der Waals surface area contributed by atoms with E-state index in [1.54, 1.807) is 10.6 Å². The molecule has 0 bridgehead atoms. The Morgan fingerprint density at radius 2 is 1.83 bits per heavy atom. The number of benzene rings is 1. The van der Waals surface area contributed by atoms with Gasteiger partial charge >= 0.3 is 18.0 Å². The molecule has 0 saturated carbocycles. The number of amides is 1. The lowest BCUT2D eigenvalue weighted by Gasteiger charge is -2.30. The topological polar surface area (TPSA) is 135 Å². The Kier molecular flexibility index (Phi) is 13.0. The van der Waals surface area contributed by atoms with E-state index in [9.17, 15) is 18.8 Å². The fourth-order valence-corrected chi connectivity index (χ4v) is 5.69. The number of ether oxygens (including phenoxy) is 3. The zero-order valence-corrected chi connectivity index (χ0v) is 28.5. The number of terminal acetylenes is 1. The number of rotatable bonds is 17. The molecule has 3 aromatic rings. The van der Waals surface area contributed by atoms with Crippen LogP contribution in [-0.2, 0) is 35.8 Å². The van der Waals surface area contributed by atoms with Crippen LogP contribution in [0.15, 0.2) is 18.5 Å². The summed E-state index contributed by atoms with van der Waals surface area (Å²) in [7, 11) is 1.42. The van der Waals surface area contributed by atoms with Gasteiger partial charge < -0.3 is 24.1 Å². The third kappa shape index (κ3) is 10.1. The average Bonchev–Trinajstić information content (AvgIpc) is 3.39. The number of hydrogen-bond donors (Lipinski definition) is 1. The number of unbranched alkanes of at least 4 members (excludes halogenated alkanes) is 4. The predicted molar refractivity (Wildman–Crippen MR) is 176 cm³/mol. The number of carbonyl (C=O) groups excluding carboxylic acids is 3. The Bertz CT molecular complexity index is 1630. The molecule has 0 aliphatic carbocycles. The molecule has 2 aromatic heterocycles. The lowest BCUT2D eigenvalue weighted by Crippen LogP contribution is -2.38. The van der Waals surface area contributed by atoms with Gasteiger partial charge in [-0.3, -0.25) is 14.4 Å². The fraction of sp³-hybridized carbons (Fsp3) is 0.543. The van der Waals surface area contributed by atoms with Crippen LogP contribution in [0.4, 0.5) is 10.2 Å². The van der Waals surface area contributed by atoms with E-state index in [-0.39, 0.29) is 48.9 Å². The fourth-order valence-electron chi connectivity index (χ4n) is 5.69. The van der Waals surface area contributed by atoms with Gasteiger partial charge in [0.15, 0.2) is 22.6 Å². The third-order valence-corrected chi connectivity index (χ3v) is 8.04. The third-order valence-electron chi connectivity index (χ3n) is 8.04. The summed E-state index contributed by atoms with van der Waals surface area (Å²) in [5.74, 6) is 1.75. The molecule has 11 nitrogen and oxygen atoms in total. The van der Waals surface area contributed by atoms with Crippen molar-refractivity contribution < 1.29 is 33.0 Å². The highest BCUT2D eigenvalue weighted by atomic mass is 19.1. The molecule has 12 heteroatoms. The van der Waals surface area contributed by atoms with Crippen molar-refractivity contribution >= 4 is 34.8 Å². The number of methoxy groups -OCH3 is 1. The Morgan fingerprint density at radius 1 is 1.11 bits per heavy atom. The molecule has 1 N–H and O–H groups in total. The van der Waals surface area contributed by atoms with Crippen LogP contribution in [0.25, 0.3) is 11.2 Å². The first-order chi connectivity index (χ1) is 22.2. The quantitative estimate of drug-likeness (QED) is 0.0602. The highest BCUT2D eigenvalue weighted by Gasteiger charge is 2.34. The molecule has 1 aromatic carbocycles.